The first-order valence-electron chi connectivity index (χ1n) is 26.3. The first-order valence-corrected chi connectivity index (χ1v) is 26.3. The zero-order valence-electron chi connectivity index (χ0n) is 40.2. The van der Waals surface area contributed by atoms with Crippen molar-refractivity contribution in [1.82, 2.24) is 0 Å². The maximum atomic E-state index is 12.7. The maximum absolute atomic E-state index is 12.7. The molecule has 1 atom stereocenters. The molecule has 0 radical (unpaired) electrons. The summed E-state index contributed by atoms with van der Waals surface area (Å²) in [6, 6.07) is 0. The Bertz CT molecular complexity index is 973. The summed E-state index contributed by atoms with van der Waals surface area (Å²) in [6.07, 6.45) is 56.0. The molecule has 0 aliphatic heterocycles. The average Bonchev–Trinajstić information content (AvgIpc) is 3.24. The Morgan fingerprint density at radius 1 is 0.317 bits per heavy atom. The summed E-state index contributed by atoms with van der Waals surface area (Å²) in [4.78, 5) is 37.8. The summed E-state index contributed by atoms with van der Waals surface area (Å²) in [5.41, 5.74) is 0. The SMILES string of the molecule is CCCCC/C=C\CCCCCCCC(=O)OC(COC(=O)CCCCCCCCCCC)COC(=O)CCCCCCCCCCC/C=C\CCCCCCCCCC. The molecule has 0 N–H and O–H groups in total. The summed E-state index contributed by atoms with van der Waals surface area (Å²) < 4.78 is 16.8. The minimum Gasteiger partial charge on any atom is -0.462 e. The lowest BCUT2D eigenvalue weighted by molar-refractivity contribution is -0.167. The number of hydrogen-bond donors (Lipinski definition) is 0. The van der Waals surface area contributed by atoms with E-state index >= 15 is 0 Å². The van der Waals surface area contributed by atoms with Gasteiger partial charge in [-0.2, -0.15) is 0 Å². The van der Waals surface area contributed by atoms with Crippen molar-refractivity contribution >= 4 is 17.9 Å². The van der Waals surface area contributed by atoms with Gasteiger partial charge in [-0.1, -0.05) is 218 Å². The molecule has 1 unspecified atom stereocenters. The van der Waals surface area contributed by atoms with E-state index in [0.29, 0.717) is 19.3 Å². The number of carbonyl (C=O) groups excluding carboxylic acids is 3. The Hall–Kier alpha value is -2.11. The van der Waals surface area contributed by atoms with Crippen molar-refractivity contribution in [3.63, 3.8) is 0 Å². The lowest BCUT2D eigenvalue weighted by Crippen LogP contribution is -2.30. The Morgan fingerprint density at radius 3 is 0.867 bits per heavy atom. The fourth-order valence-electron chi connectivity index (χ4n) is 7.67. The molecular weight excluding hydrogens is 745 g/mol. The highest BCUT2D eigenvalue weighted by atomic mass is 16.6. The van der Waals surface area contributed by atoms with Crippen LogP contribution in [0, 0.1) is 0 Å². The monoisotopic (exact) mass is 845 g/mol. The molecule has 0 amide bonds. The van der Waals surface area contributed by atoms with Crippen LogP contribution in [0.2, 0.25) is 0 Å². The van der Waals surface area contributed by atoms with Gasteiger partial charge < -0.3 is 14.2 Å². The van der Waals surface area contributed by atoms with E-state index in [2.05, 4.69) is 45.1 Å². The highest BCUT2D eigenvalue weighted by Gasteiger charge is 2.19. The second-order valence-corrected chi connectivity index (χ2v) is 17.8. The zero-order valence-corrected chi connectivity index (χ0v) is 40.2. The molecule has 0 saturated carbocycles. The molecule has 0 heterocycles. The summed E-state index contributed by atoms with van der Waals surface area (Å²) >= 11 is 0. The standard InChI is InChI=1S/C54H100O6/c1-4-7-10-13-16-19-21-23-24-25-26-27-28-29-30-31-33-35-38-41-44-47-53(56)59-50-51(49-58-52(55)46-43-40-37-34-18-15-12-9-6-3)60-54(57)48-45-42-39-36-32-22-20-17-14-11-8-5-2/h17,20,25-26,51H,4-16,18-19,21-24,27-50H2,1-3H3/b20-17-,26-25-. The topological polar surface area (TPSA) is 78.9 Å². The van der Waals surface area contributed by atoms with Crippen LogP contribution in [0.4, 0.5) is 0 Å². The molecule has 0 aromatic rings. The highest BCUT2D eigenvalue weighted by molar-refractivity contribution is 5.71. The van der Waals surface area contributed by atoms with Crippen LogP contribution < -0.4 is 0 Å². The lowest BCUT2D eigenvalue weighted by atomic mass is 10.1. The van der Waals surface area contributed by atoms with Crippen LogP contribution in [-0.2, 0) is 28.6 Å². The Kier molecular flexibility index (Phi) is 47.8. The van der Waals surface area contributed by atoms with E-state index in [1.165, 1.54) is 180 Å². The number of allylic oxidation sites excluding steroid dienone is 4. The molecular formula is C54H100O6. The summed E-state index contributed by atoms with van der Waals surface area (Å²) in [5.74, 6) is -0.875. The van der Waals surface area contributed by atoms with E-state index in [1.807, 2.05) is 0 Å². The molecule has 0 spiro atoms. The van der Waals surface area contributed by atoms with Crippen LogP contribution in [0.5, 0.6) is 0 Å². The van der Waals surface area contributed by atoms with Gasteiger partial charge in [-0.05, 0) is 70.6 Å². The average molecular weight is 845 g/mol. The maximum Gasteiger partial charge on any atom is 0.306 e. The highest BCUT2D eigenvalue weighted by Crippen LogP contribution is 2.15. The minimum atomic E-state index is -0.770. The molecule has 6 heteroatoms. The van der Waals surface area contributed by atoms with Gasteiger partial charge in [0.25, 0.3) is 0 Å². The molecule has 0 saturated heterocycles. The van der Waals surface area contributed by atoms with Gasteiger partial charge in [0, 0.05) is 19.3 Å². The molecule has 0 aromatic heterocycles. The lowest BCUT2D eigenvalue weighted by Gasteiger charge is -2.18. The molecule has 0 aromatic carbocycles. The van der Waals surface area contributed by atoms with Gasteiger partial charge >= 0.3 is 17.9 Å². The molecule has 6 nitrogen and oxygen atoms in total. The molecule has 352 valence electrons. The van der Waals surface area contributed by atoms with E-state index in [-0.39, 0.29) is 31.1 Å². The summed E-state index contributed by atoms with van der Waals surface area (Å²) in [6.45, 7) is 6.61. The largest absolute Gasteiger partial charge is 0.462 e. The number of rotatable bonds is 48. The predicted molar refractivity (Wildman–Crippen MR) is 256 cm³/mol. The van der Waals surface area contributed by atoms with Crippen LogP contribution in [0.1, 0.15) is 284 Å². The van der Waals surface area contributed by atoms with Gasteiger partial charge in [-0.15, -0.1) is 0 Å². The Labute approximate surface area is 373 Å². The number of ether oxygens (including phenoxy) is 3. The normalized spacial score (nSPS) is 12.1. The van der Waals surface area contributed by atoms with E-state index in [9.17, 15) is 14.4 Å². The van der Waals surface area contributed by atoms with Crippen molar-refractivity contribution in [2.75, 3.05) is 13.2 Å². The summed E-state index contributed by atoms with van der Waals surface area (Å²) in [7, 11) is 0. The number of hydrogen-bond acceptors (Lipinski definition) is 6. The number of unbranched alkanes of at least 4 members (excludes halogenated alkanes) is 33. The van der Waals surface area contributed by atoms with Gasteiger partial charge in [0.05, 0.1) is 0 Å². The first-order chi connectivity index (χ1) is 29.5. The second kappa shape index (κ2) is 49.5. The van der Waals surface area contributed by atoms with Crippen molar-refractivity contribution < 1.29 is 28.6 Å². The quantitative estimate of drug-likeness (QED) is 0.0263. The summed E-state index contributed by atoms with van der Waals surface area (Å²) in [5, 5.41) is 0. The van der Waals surface area contributed by atoms with Crippen molar-refractivity contribution in [3.8, 4) is 0 Å². The van der Waals surface area contributed by atoms with Crippen LogP contribution in [0.25, 0.3) is 0 Å². The van der Waals surface area contributed by atoms with Crippen molar-refractivity contribution in [2.45, 2.75) is 290 Å². The Balaban J connectivity index is 4.22. The first kappa shape index (κ1) is 57.9. The van der Waals surface area contributed by atoms with Crippen molar-refractivity contribution in [3.05, 3.63) is 24.3 Å². The molecule has 0 aliphatic rings. The fourth-order valence-corrected chi connectivity index (χ4v) is 7.67. The van der Waals surface area contributed by atoms with Gasteiger partial charge in [0.1, 0.15) is 13.2 Å². The third-order valence-corrected chi connectivity index (χ3v) is 11.7. The van der Waals surface area contributed by atoms with Gasteiger partial charge in [-0.3, -0.25) is 14.4 Å². The fraction of sp³-hybridized carbons (Fsp3) is 0.870. The van der Waals surface area contributed by atoms with Crippen molar-refractivity contribution in [1.29, 1.82) is 0 Å². The van der Waals surface area contributed by atoms with Gasteiger partial charge in [0.15, 0.2) is 6.10 Å². The number of carbonyl (C=O) groups is 3. The van der Waals surface area contributed by atoms with Crippen LogP contribution >= 0.6 is 0 Å². The van der Waals surface area contributed by atoms with Gasteiger partial charge in [-0.25, -0.2) is 0 Å². The van der Waals surface area contributed by atoms with Crippen LogP contribution in [-0.4, -0.2) is 37.2 Å². The second-order valence-electron chi connectivity index (χ2n) is 17.8. The molecule has 0 fully saturated rings. The zero-order chi connectivity index (χ0) is 43.7. The van der Waals surface area contributed by atoms with E-state index in [1.54, 1.807) is 0 Å². The Morgan fingerprint density at radius 2 is 0.550 bits per heavy atom. The number of esters is 3. The third-order valence-electron chi connectivity index (χ3n) is 11.7. The van der Waals surface area contributed by atoms with Crippen molar-refractivity contribution in [2.24, 2.45) is 0 Å². The predicted octanol–water partition coefficient (Wildman–Crippen LogP) is 17.2. The van der Waals surface area contributed by atoms with Crippen LogP contribution in [0.15, 0.2) is 24.3 Å². The molecule has 0 rings (SSSR count). The van der Waals surface area contributed by atoms with E-state index in [4.69, 9.17) is 14.2 Å². The smallest absolute Gasteiger partial charge is 0.306 e. The molecule has 60 heavy (non-hydrogen) atoms. The third kappa shape index (κ3) is 46.9. The van der Waals surface area contributed by atoms with Gasteiger partial charge in [0.2, 0.25) is 0 Å². The minimum absolute atomic E-state index is 0.0721. The molecule has 0 bridgehead atoms. The van der Waals surface area contributed by atoms with Crippen LogP contribution in [0.3, 0.4) is 0 Å². The van der Waals surface area contributed by atoms with E-state index < -0.39 is 6.10 Å². The van der Waals surface area contributed by atoms with E-state index in [0.717, 1.165) is 64.2 Å². The molecule has 0 aliphatic carbocycles.